The quantitative estimate of drug-likeness (QED) is 0.191. The van der Waals surface area contributed by atoms with Crippen LogP contribution in [0.5, 0.6) is 11.5 Å². The summed E-state index contributed by atoms with van der Waals surface area (Å²) in [5.74, 6) is 1.11. The zero-order chi connectivity index (χ0) is 27.2. The average molecular weight is 600 g/mol. The number of halogens is 1. The van der Waals surface area contributed by atoms with Crippen molar-refractivity contribution in [2.75, 3.05) is 7.11 Å². The molecule has 0 aliphatic carbocycles. The summed E-state index contributed by atoms with van der Waals surface area (Å²) in [7, 11) is 1.61. The Morgan fingerprint density at radius 3 is 2.23 bits per heavy atom. The minimum Gasteiger partial charge on any atom is -0.493 e. The summed E-state index contributed by atoms with van der Waals surface area (Å²) in [4.78, 5) is 21.0. The van der Waals surface area contributed by atoms with Gasteiger partial charge in [-0.05, 0) is 65.7 Å². The molecule has 0 unspecified atom stereocenters. The van der Waals surface area contributed by atoms with Crippen LogP contribution in [0.1, 0.15) is 29.7 Å². The van der Waals surface area contributed by atoms with Crippen LogP contribution >= 0.6 is 27.7 Å². The lowest BCUT2D eigenvalue weighted by Gasteiger charge is -2.24. The summed E-state index contributed by atoms with van der Waals surface area (Å²) < 4.78 is 12.5. The van der Waals surface area contributed by atoms with Gasteiger partial charge in [-0.2, -0.15) is 0 Å². The van der Waals surface area contributed by atoms with E-state index in [9.17, 15) is 4.79 Å². The van der Waals surface area contributed by atoms with Crippen LogP contribution < -0.4 is 9.47 Å². The molecular weight excluding hydrogens is 572 g/mol. The maximum Gasteiger partial charge on any atom is 0.267 e. The van der Waals surface area contributed by atoms with Crippen molar-refractivity contribution in [3.63, 3.8) is 0 Å². The van der Waals surface area contributed by atoms with Gasteiger partial charge in [-0.1, -0.05) is 94.8 Å². The lowest BCUT2D eigenvalue weighted by Crippen LogP contribution is -2.32. The predicted molar refractivity (Wildman–Crippen MR) is 162 cm³/mol. The van der Waals surface area contributed by atoms with Gasteiger partial charge in [-0.15, -0.1) is 0 Å². The number of nitrogens with zero attached hydrogens (tertiary/aromatic N) is 2. The van der Waals surface area contributed by atoms with Gasteiger partial charge in [-0.3, -0.25) is 9.69 Å². The van der Waals surface area contributed by atoms with Crippen molar-refractivity contribution in [1.82, 2.24) is 4.90 Å². The first-order valence-electron chi connectivity index (χ1n) is 12.5. The van der Waals surface area contributed by atoms with Crippen molar-refractivity contribution in [2.45, 2.75) is 19.6 Å². The number of hydrogen-bond donors (Lipinski definition) is 0. The largest absolute Gasteiger partial charge is 0.493 e. The number of ether oxygens (including phenoxy) is 2. The van der Waals surface area contributed by atoms with Crippen molar-refractivity contribution in [3.05, 3.63) is 129 Å². The summed E-state index contributed by atoms with van der Waals surface area (Å²) in [5.41, 5.74) is 3.70. The van der Waals surface area contributed by atoms with Crippen molar-refractivity contribution < 1.29 is 14.3 Å². The van der Waals surface area contributed by atoms with Crippen molar-refractivity contribution in [1.29, 1.82) is 0 Å². The van der Waals surface area contributed by atoms with Gasteiger partial charge in [0.2, 0.25) is 0 Å². The molecule has 1 aliphatic rings. The Bertz CT molecular complexity index is 1510. The number of rotatable bonds is 8. The molecule has 4 aromatic carbocycles. The molecule has 1 atom stereocenters. The smallest absolute Gasteiger partial charge is 0.267 e. The highest BCUT2D eigenvalue weighted by Gasteiger charge is 2.37. The first kappa shape index (κ1) is 26.8. The second-order valence-corrected chi connectivity index (χ2v) is 10.8. The van der Waals surface area contributed by atoms with Crippen LogP contribution in [0, 0.1) is 0 Å². The summed E-state index contributed by atoms with van der Waals surface area (Å²) in [6.45, 7) is 2.44. The molecule has 7 heteroatoms. The van der Waals surface area contributed by atoms with Gasteiger partial charge in [0, 0.05) is 4.47 Å². The Kier molecular flexibility index (Phi) is 8.49. The number of amides is 1. The fourth-order valence-electron chi connectivity index (χ4n) is 4.21. The topological polar surface area (TPSA) is 51.1 Å². The van der Waals surface area contributed by atoms with Crippen molar-refractivity contribution in [2.24, 2.45) is 4.99 Å². The third kappa shape index (κ3) is 6.27. The van der Waals surface area contributed by atoms with Gasteiger partial charge >= 0.3 is 0 Å². The van der Waals surface area contributed by atoms with E-state index in [0.717, 1.165) is 26.9 Å². The second-order valence-electron chi connectivity index (χ2n) is 8.90. The Morgan fingerprint density at radius 2 is 1.56 bits per heavy atom. The molecule has 196 valence electrons. The standard InChI is InChI=1S/C32H27BrN2O3S/c1-22(24-14-8-4-9-15-24)35-31(36)30(39-32(35)34-26-16-10-5-11-17-26)19-25-18-28(37-2)29(20-27(25)33)38-21-23-12-6-3-7-13-23/h3-20,22H,21H2,1-2H3/b30-19+,34-32?/t22-/m1/s1. The molecule has 0 saturated carbocycles. The number of carbonyl (C=O) groups excluding carboxylic acids is 1. The Balaban J connectivity index is 1.47. The summed E-state index contributed by atoms with van der Waals surface area (Å²) in [5, 5.41) is 0.639. The third-order valence-corrected chi connectivity index (χ3v) is 7.96. The fourth-order valence-corrected chi connectivity index (χ4v) is 5.71. The highest BCUT2D eigenvalue weighted by atomic mass is 79.9. The van der Waals surface area contributed by atoms with E-state index in [-0.39, 0.29) is 11.9 Å². The van der Waals surface area contributed by atoms with E-state index < -0.39 is 0 Å². The monoisotopic (exact) mass is 598 g/mol. The van der Waals surface area contributed by atoms with Crippen LogP contribution in [0.2, 0.25) is 0 Å². The molecule has 0 spiro atoms. The molecule has 4 aromatic rings. The predicted octanol–water partition coefficient (Wildman–Crippen LogP) is 8.40. The van der Waals surface area contributed by atoms with Gasteiger partial charge in [0.25, 0.3) is 5.91 Å². The number of methoxy groups -OCH3 is 1. The maximum absolute atomic E-state index is 13.8. The maximum atomic E-state index is 13.8. The summed E-state index contributed by atoms with van der Waals surface area (Å²) >= 11 is 5.04. The molecule has 1 heterocycles. The second kappa shape index (κ2) is 12.4. The molecule has 0 N–H and O–H groups in total. The zero-order valence-electron chi connectivity index (χ0n) is 21.6. The summed E-state index contributed by atoms with van der Waals surface area (Å²) in [6, 6.07) is 33.2. The molecule has 1 fully saturated rings. The van der Waals surface area contributed by atoms with Crippen LogP contribution in [0.4, 0.5) is 5.69 Å². The van der Waals surface area contributed by atoms with Gasteiger partial charge in [0.1, 0.15) is 6.61 Å². The number of aliphatic imine (C=N–C) groups is 1. The minimum absolute atomic E-state index is 0.0960. The third-order valence-electron chi connectivity index (χ3n) is 6.29. The van der Waals surface area contributed by atoms with Crippen LogP contribution in [-0.2, 0) is 11.4 Å². The SMILES string of the molecule is COc1cc(/C=C2/SC(=Nc3ccccc3)N([C@H](C)c3ccccc3)C2=O)c(Br)cc1OCc1ccccc1. The highest BCUT2D eigenvalue weighted by molar-refractivity contribution is 9.10. The lowest BCUT2D eigenvalue weighted by atomic mass is 10.1. The van der Waals surface area contributed by atoms with Crippen LogP contribution in [-0.4, -0.2) is 23.1 Å². The van der Waals surface area contributed by atoms with Gasteiger partial charge in [0.15, 0.2) is 16.7 Å². The lowest BCUT2D eigenvalue weighted by molar-refractivity contribution is -0.123. The van der Waals surface area contributed by atoms with Crippen LogP contribution in [0.3, 0.4) is 0 Å². The zero-order valence-corrected chi connectivity index (χ0v) is 24.0. The average Bonchev–Trinajstić information content (AvgIpc) is 3.27. The molecule has 1 saturated heterocycles. The van der Waals surface area contributed by atoms with Crippen LogP contribution in [0.15, 0.2) is 117 Å². The van der Waals surface area contributed by atoms with Crippen molar-refractivity contribution in [3.8, 4) is 11.5 Å². The summed E-state index contributed by atoms with van der Waals surface area (Å²) in [6.07, 6.45) is 1.87. The molecule has 5 rings (SSSR count). The number of benzene rings is 4. The molecule has 39 heavy (non-hydrogen) atoms. The van der Waals surface area contributed by atoms with Crippen molar-refractivity contribution >= 4 is 50.5 Å². The van der Waals surface area contributed by atoms with Gasteiger partial charge in [-0.25, -0.2) is 4.99 Å². The first-order valence-corrected chi connectivity index (χ1v) is 14.1. The molecule has 1 amide bonds. The number of para-hydroxylation sites is 1. The van der Waals surface area contributed by atoms with Crippen LogP contribution in [0.25, 0.3) is 6.08 Å². The Morgan fingerprint density at radius 1 is 0.923 bits per heavy atom. The first-order chi connectivity index (χ1) is 19.0. The van der Waals surface area contributed by atoms with E-state index in [1.807, 2.05) is 116 Å². The molecule has 1 aliphatic heterocycles. The normalized spacial score (nSPS) is 16.1. The highest BCUT2D eigenvalue weighted by Crippen LogP contribution is 2.41. The number of thioether (sulfide) groups is 1. The molecule has 5 nitrogen and oxygen atoms in total. The molecular formula is C32H27BrN2O3S. The van der Waals surface area contributed by atoms with E-state index >= 15 is 0 Å². The minimum atomic E-state index is -0.189. The van der Waals surface area contributed by atoms with E-state index in [4.69, 9.17) is 14.5 Å². The van der Waals surface area contributed by atoms with Gasteiger partial charge in [0.05, 0.1) is 23.7 Å². The Labute approximate surface area is 241 Å². The fraction of sp³-hybridized carbons (Fsp3) is 0.125. The molecule has 0 bridgehead atoms. The Hall–Kier alpha value is -3.81. The van der Waals surface area contributed by atoms with E-state index in [1.165, 1.54) is 11.8 Å². The number of hydrogen-bond acceptors (Lipinski definition) is 5. The number of amidine groups is 1. The van der Waals surface area contributed by atoms with Gasteiger partial charge < -0.3 is 9.47 Å². The van der Waals surface area contributed by atoms with E-state index in [2.05, 4.69) is 15.9 Å². The molecule has 0 radical (unpaired) electrons. The number of carbonyl (C=O) groups is 1. The van der Waals surface area contributed by atoms with E-state index in [1.54, 1.807) is 12.0 Å². The van der Waals surface area contributed by atoms with E-state index in [0.29, 0.717) is 28.2 Å². The molecule has 0 aromatic heterocycles.